The third kappa shape index (κ3) is 5.98. The van der Waals surface area contributed by atoms with Gasteiger partial charge < -0.3 is 4.43 Å². The maximum Gasteiger partial charge on any atom is 0.237 e. The van der Waals surface area contributed by atoms with E-state index in [2.05, 4.69) is 25.0 Å². The number of isocyanates is 1. The second kappa shape index (κ2) is 5.24. The topological polar surface area (TPSA) is 38.7 Å². The second-order valence-electron chi connectivity index (χ2n) is 3.03. The maximum absolute atomic E-state index is 9.69. The molecule has 0 rings (SSSR count). The highest BCUT2D eigenvalue weighted by Crippen LogP contribution is 2.12. The van der Waals surface area contributed by atoms with Crippen molar-refractivity contribution in [2.75, 3.05) is 6.73 Å². The molecule has 0 aromatic heterocycles. The smallest absolute Gasteiger partial charge is 0.237 e. The minimum absolute atomic E-state index is 0.183. The standard InChI is InChI=1S/C7H15NO2Si/c1-4-5-11(2,3)10-7-8-6-9/h4-5,7H2,1-3H3. The number of nitrogens with zero attached hydrogens (tertiary/aromatic N) is 1. The van der Waals surface area contributed by atoms with Crippen LogP contribution >= 0.6 is 0 Å². The van der Waals surface area contributed by atoms with E-state index in [9.17, 15) is 4.79 Å². The summed E-state index contributed by atoms with van der Waals surface area (Å²) in [5.74, 6) is 0. The van der Waals surface area contributed by atoms with Gasteiger partial charge in [0.25, 0.3) is 0 Å². The van der Waals surface area contributed by atoms with Crippen LogP contribution in [-0.4, -0.2) is 21.1 Å². The van der Waals surface area contributed by atoms with Crippen LogP contribution in [0.4, 0.5) is 0 Å². The van der Waals surface area contributed by atoms with Gasteiger partial charge in [-0.3, -0.25) is 0 Å². The number of hydrogen-bond donors (Lipinski definition) is 0. The molecule has 0 aromatic carbocycles. The SMILES string of the molecule is CCC[Si](C)(C)OCN=C=O. The van der Waals surface area contributed by atoms with Crippen LogP contribution in [-0.2, 0) is 9.22 Å². The predicted octanol–water partition coefficient (Wildman–Crippen LogP) is 1.91. The zero-order valence-electron chi connectivity index (χ0n) is 7.39. The van der Waals surface area contributed by atoms with Gasteiger partial charge in [0, 0.05) is 0 Å². The summed E-state index contributed by atoms with van der Waals surface area (Å²) in [5, 5.41) is 0. The molecule has 0 fully saturated rings. The Morgan fingerprint density at radius 3 is 2.64 bits per heavy atom. The van der Waals surface area contributed by atoms with E-state index >= 15 is 0 Å². The molecule has 0 N–H and O–H groups in total. The molecule has 0 atom stereocenters. The van der Waals surface area contributed by atoms with Crippen LogP contribution in [0.1, 0.15) is 13.3 Å². The highest BCUT2D eigenvalue weighted by atomic mass is 28.4. The van der Waals surface area contributed by atoms with Crippen molar-refractivity contribution < 1.29 is 9.22 Å². The molecule has 0 saturated carbocycles. The minimum Gasteiger partial charge on any atom is -0.398 e. The monoisotopic (exact) mass is 173 g/mol. The first-order valence-electron chi connectivity index (χ1n) is 3.80. The molecule has 0 unspecified atom stereocenters. The normalized spacial score (nSPS) is 10.8. The minimum atomic E-state index is -1.51. The molecule has 0 aliphatic heterocycles. The van der Waals surface area contributed by atoms with Crippen molar-refractivity contribution in [1.29, 1.82) is 0 Å². The number of aliphatic imine (C=N–C) groups is 1. The number of rotatable bonds is 5. The lowest BCUT2D eigenvalue weighted by molar-refractivity contribution is 0.319. The van der Waals surface area contributed by atoms with Crippen molar-refractivity contribution in [2.24, 2.45) is 4.99 Å². The van der Waals surface area contributed by atoms with Crippen LogP contribution in [0.2, 0.25) is 19.1 Å². The fourth-order valence-electron chi connectivity index (χ4n) is 0.908. The fraction of sp³-hybridized carbons (Fsp3) is 0.857. The molecular weight excluding hydrogens is 158 g/mol. The molecular formula is C7H15NO2Si. The summed E-state index contributed by atoms with van der Waals surface area (Å²) in [5.41, 5.74) is 0. The highest BCUT2D eigenvalue weighted by molar-refractivity contribution is 6.71. The molecule has 3 nitrogen and oxygen atoms in total. The Kier molecular flexibility index (Phi) is 5.03. The van der Waals surface area contributed by atoms with Crippen molar-refractivity contribution >= 4 is 14.4 Å². The zero-order valence-corrected chi connectivity index (χ0v) is 8.39. The van der Waals surface area contributed by atoms with Crippen LogP contribution in [0.25, 0.3) is 0 Å². The van der Waals surface area contributed by atoms with Crippen LogP contribution in [0.5, 0.6) is 0 Å². The molecule has 0 aliphatic carbocycles. The molecule has 0 amide bonds. The number of hydrogen-bond acceptors (Lipinski definition) is 3. The average molecular weight is 173 g/mol. The van der Waals surface area contributed by atoms with Gasteiger partial charge in [-0.15, -0.1) is 0 Å². The van der Waals surface area contributed by atoms with Crippen molar-refractivity contribution in [3.05, 3.63) is 0 Å². The lowest BCUT2D eigenvalue weighted by Gasteiger charge is -2.19. The number of carbonyl (C=O) groups excluding carboxylic acids is 1. The van der Waals surface area contributed by atoms with Gasteiger partial charge in [-0.25, -0.2) is 4.79 Å². The molecule has 0 aliphatic rings. The summed E-state index contributed by atoms with van der Waals surface area (Å²) >= 11 is 0. The third-order valence-corrected chi connectivity index (χ3v) is 4.05. The Morgan fingerprint density at radius 2 is 2.18 bits per heavy atom. The van der Waals surface area contributed by atoms with Gasteiger partial charge in [0.15, 0.2) is 8.32 Å². The Bertz CT molecular complexity index is 153. The lowest BCUT2D eigenvalue weighted by Crippen LogP contribution is -2.29. The summed E-state index contributed by atoms with van der Waals surface area (Å²) < 4.78 is 5.42. The van der Waals surface area contributed by atoms with Gasteiger partial charge in [0.05, 0.1) is 0 Å². The van der Waals surface area contributed by atoms with Crippen LogP contribution in [0, 0.1) is 0 Å². The van der Waals surface area contributed by atoms with Crippen LogP contribution in [0.3, 0.4) is 0 Å². The van der Waals surface area contributed by atoms with Crippen LogP contribution < -0.4 is 0 Å². The Hall–Kier alpha value is -0.443. The largest absolute Gasteiger partial charge is 0.398 e. The molecule has 0 aromatic rings. The van der Waals surface area contributed by atoms with E-state index in [0.29, 0.717) is 0 Å². The van der Waals surface area contributed by atoms with Gasteiger partial charge in [0.1, 0.15) is 6.73 Å². The molecule has 11 heavy (non-hydrogen) atoms. The van der Waals surface area contributed by atoms with Crippen molar-refractivity contribution in [2.45, 2.75) is 32.5 Å². The highest BCUT2D eigenvalue weighted by Gasteiger charge is 2.20. The first-order valence-corrected chi connectivity index (χ1v) is 6.91. The first-order chi connectivity index (χ1) is 5.12. The molecule has 0 spiro atoms. The summed E-state index contributed by atoms with van der Waals surface area (Å²) in [7, 11) is -1.51. The molecule has 0 heterocycles. The van der Waals surface area contributed by atoms with Crippen molar-refractivity contribution in [3.63, 3.8) is 0 Å². The van der Waals surface area contributed by atoms with E-state index in [-0.39, 0.29) is 6.73 Å². The van der Waals surface area contributed by atoms with Crippen molar-refractivity contribution in [3.8, 4) is 0 Å². The molecule has 0 bridgehead atoms. The van der Waals surface area contributed by atoms with Gasteiger partial charge in [-0.2, -0.15) is 4.99 Å². The average Bonchev–Trinajstić information content (AvgIpc) is 1.87. The Balaban J connectivity index is 3.62. The van der Waals surface area contributed by atoms with E-state index in [1.807, 2.05) is 0 Å². The molecule has 64 valence electrons. The second-order valence-corrected chi connectivity index (χ2v) is 7.34. The summed E-state index contributed by atoms with van der Waals surface area (Å²) in [4.78, 5) is 13.0. The van der Waals surface area contributed by atoms with E-state index in [4.69, 9.17) is 4.43 Å². The van der Waals surface area contributed by atoms with Crippen molar-refractivity contribution in [1.82, 2.24) is 0 Å². The van der Waals surface area contributed by atoms with E-state index in [1.165, 1.54) is 6.08 Å². The summed E-state index contributed by atoms with van der Waals surface area (Å²) in [6.45, 7) is 6.55. The molecule has 0 radical (unpaired) electrons. The zero-order chi connectivity index (χ0) is 8.74. The Morgan fingerprint density at radius 1 is 1.55 bits per heavy atom. The summed E-state index contributed by atoms with van der Waals surface area (Å²) in [6, 6.07) is 1.11. The van der Waals surface area contributed by atoms with E-state index < -0.39 is 8.32 Å². The van der Waals surface area contributed by atoms with Gasteiger partial charge in [0.2, 0.25) is 6.08 Å². The first kappa shape index (κ1) is 10.6. The summed E-state index contributed by atoms with van der Waals surface area (Å²) in [6.07, 6.45) is 2.58. The van der Waals surface area contributed by atoms with Crippen LogP contribution in [0.15, 0.2) is 4.99 Å². The van der Waals surface area contributed by atoms with Gasteiger partial charge >= 0.3 is 0 Å². The molecule has 0 saturated heterocycles. The Labute approximate surface area is 68.6 Å². The maximum atomic E-state index is 9.69. The fourth-order valence-corrected chi connectivity index (χ4v) is 2.67. The quantitative estimate of drug-likeness (QED) is 0.362. The molecule has 4 heteroatoms. The van der Waals surface area contributed by atoms with E-state index in [0.717, 1.165) is 12.5 Å². The van der Waals surface area contributed by atoms with Gasteiger partial charge in [-0.1, -0.05) is 13.3 Å². The van der Waals surface area contributed by atoms with Gasteiger partial charge in [-0.05, 0) is 19.1 Å². The predicted molar refractivity (Wildman–Crippen MR) is 46.7 cm³/mol. The third-order valence-electron chi connectivity index (χ3n) is 1.44. The lowest BCUT2D eigenvalue weighted by atomic mass is 10.6. The van der Waals surface area contributed by atoms with E-state index in [1.54, 1.807) is 0 Å².